The van der Waals surface area contributed by atoms with Crippen molar-refractivity contribution >= 4 is 0 Å². The highest BCUT2D eigenvalue weighted by atomic mass is 16.5. The minimum Gasteiger partial charge on any atom is -0.489 e. The Morgan fingerprint density at radius 3 is 0.583 bits per heavy atom. The molecule has 16 bridgehead atoms. The molecule has 528 valence electrons. The van der Waals surface area contributed by atoms with Gasteiger partial charge in [-0.2, -0.15) is 21.0 Å². The van der Waals surface area contributed by atoms with Crippen molar-refractivity contribution < 1.29 is 37.9 Å². The summed E-state index contributed by atoms with van der Waals surface area (Å²) in [5, 5.41) is 43.8. The van der Waals surface area contributed by atoms with Crippen molar-refractivity contribution in [1.29, 1.82) is 21.0 Å². The maximum absolute atomic E-state index is 10.9. The van der Waals surface area contributed by atoms with Crippen LogP contribution in [0.5, 0.6) is 46.0 Å². The zero-order valence-electron chi connectivity index (χ0n) is 59.8. The van der Waals surface area contributed by atoms with Gasteiger partial charge in [0.05, 0.1) is 68.8 Å². The van der Waals surface area contributed by atoms with Crippen LogP contribution >= 0.6 is 0 Å². The average Bonchev–Trinajstić information content (AvgIpc) is 1.20. The number of nitrogens with zero attached hydrogens (tertiary/aromatic N) is 4. The predicted molar refractivity (Wildman–Crippen MR) is 417 cm³/mol. The van der Waals surface area contributed by atoms with Crippen LogP contribution in [0.2, 0.25) is 0 Å². The lowest BCUT2D eigenvalue weighted by Gasteiger charge is -2.33. The number of hydrogen-bond donors (Lipinski definition) is 0. The van der Waals surface area contributed by atoms with Crippen LogP contribution in [-0.4, -0.2) is 52.9 Å². The van der Waals surface area contributed by atoms with Gasteiger partial charge in [0.15, 0.2) is 0 Å². The molecule has 108 heavy (non-hydrogen) atoms. The van der Waals surface area contributed by atoms with Crippen molar-refractivity contribution in [3.63, 3.8) is 0 Å². The molecule has 0 amide bonds. The van der Waals surface area contributed by atoms with Crippen molar-refractivity contribution in [1.82, 2.24) is 0 Å². The van der Waals surface area contributed by atoms with Crippen LogP contribution in [0.1, 0.15) is 138 Å². The van der Waals surface area contributed by atoms with Gasteiger partial charge in [-0.05, 0) is 169 Å². The summed E-state index contributed by atoms with van der Waals surface area (Å²) >= 11 is 0. The summed E-state index contributed by atoms with van der Waals surface area (Å²) in [6.07, 6.45) is 4.71. The number of hydrogen-bond acceptors (Lipinski definition) is 12. The van der Waals surface area contributed by atoms with E-state index in [9.17, 15) is 21.0 Å². The van der Waals surface area contributed by atoms with Gasteiger partial charge in [-0.1, -0.05) is 170 Å². The molecule has 0 unspecified atom stereocenters. The minimum atomic E-state index is -0.536. The molecule has 12 nitrogen and oxygen atoms in total. The molecule has 12 aromatic carbocycles. The van der Waals surface area contributed by atoms with Gasteiger partial charge in [-0.3, -0.25) is 0 Å². The van der Waals surface area contributed by atoms with Crippen LogP contribution < -0.4 is 37.9 Å². The number of rotatable bonds is 16. The molecule has 0 spiro atoms. The van der Waals surface area contributed by atoms with Gasteiger partial charge in [-0.25, -0.2) is 0 Å². The third-order valence-electron chi connectivity index (χ3n) is 21.8. The average molecular weight is 1410 g/mol. The summed E-state index contributed by atoms with van der Waals surface area (Å²) in [6, 6.07) is 92.9. The smallest absolute Gasteiger partial charge is 0.134 e. The Morgan fingerprint density at radius 1 is 0.222 bits per heavy atom. The van der Waals surface area contributed by atoms with E-state index in [0.29, 0.717) is 142 Å². The van der Waals surface area contributed by atoms with E-state index in [0.717, 1.165) is 89.0 Å². The van der Waals surface area contributed by atoms with E-state index in [1.807, 2.05) is 72.8 Å². The van der Waals surface area contributed by atoms with Crippen LogP contribution in [0.3, 0.4) is 0 Å². The maximum Gasteiger partial charge on any atom is 0.134 e. The third-order valence-corrected chi connectivity index (χ3v) is 21.8. The minimum absolute atomic E-state index is 0.103. The fourth-order valence-corrected chi connectivity index (χ4v) is 17.0. The summed E-state index contributed by atoms with van der Waals surface area (Å²) in [5.74, 6) is 2.70. The Bertz CT molecular complexity index is 4760. The second-order valence-electron chi connectivity index (χ2n) is 28.2. The summed E-state index contributed by atoms with van der Waals surface area (Å²) in [6.45, 7) is 0.826. The largest absolute Gasteiger partial charge is 0.489 e. The first kappa shape index (κ1) is 68.1. The van der Waals surface area contributed by atoms with Crippen molar-refractivity contribution in [2.24, 2.45) is 0 Å². The first-order valence-corrected chi connectivity index (χ1v) is 37.4. The van der Waals surface area contributed by atoms with Gasteiger partial charge >= 0.3 is 0 Å². The van der Waals surface area contributed by atoms with Crippen molar-refractivity contribution in [3.05, 3.63) is 332 Å². The SMILES string of the molecule is N#Cc1cccc(-c2c3c4cc5c2OCCOc2c(cc6c(c2-c2cccc(C#N)c2)OCCOc2c(cc7c(c2-c2cccc(C#N)c2)OCCOc2c(cc(c(c2-c2cccc(C#N)c2)OCCO3)C4CCc2ccccc2)C7CCc2ccccc2)C6CCc2ccccc2)C5CCc2ccccc2)c1. The summed E-state index contributed by atoms with van der Waals surface area (Å²) in [4.78, 5) is 0. The van der Waals surface area contributed by atoms with E-state index in [4.69, 9.17) is 37.9 Å². The lowest BCUT2D eigenvalue weighted by molar-refractivity contribution is 0.206. The Kier molecular flexibility index (Phi) is 19.3. The molecule has 0 saturated heterocycles. The van der Waals surface area contributed by atoms with E-state index < -0.39 is 23.7 Å². The topological polar surface area (TPSA) is 169 Å². The van der Waals surface area contributed by atoms with E-state index in [1.54, 1.807) is 0 Å². The number of benzene rings is 12. The molecule has 4 heterocycles. The maximum atomic E-state index is 10.9. The number of ether oxygens (including phenoxy) is 8. The zero-order valence-corrected chi connectivity index (χ0v) is 59.8. The second kappa shape index (κ2) is 30.6. The highest BCUT2D eigenvalue weighted by Crippen LogP contribution is 2.62. The molecule has 0 aromatic heterocycles. The molecule has 5 aliphatic rings. The van der Waals surface area contributed by atoms with Gasteiger partial charge in [0.2, 0.25) is 0 Å². The molecule has 12 aromatic rings. The quantitative estimate of drug-likeness (QED) is 0.0899. The molecule has 0 fully saturated rings. The molecular formula is C96H76N4O8. The molecular weight excluding hydrogens is 1340 g/mol. The lowest BCUT2D eigenvalue weighted by Crippen LogP contribution is -2.16. The van der Waals surface area contributed by atoms with E-state index in [-0.39, 0.29) is 52.9 Å². The highest BCUT2D eigenvalue weighted by Gasteiger charge is 2.42. The first-order valence-electron chi connectivity index (χ1n) is 37.4. The van der Waals surface area contributed by atoms with Crippen molar-refractivity contribution in [2.45, 2.75) is 75.0 Å². The fraction of sp³-hybridized carbons (Fsp3) is 0.208. The van der Waals surface area contributed by atoms with Crippen LogP contribution in [-0.2, 0) is 25.7 Å². The zero-order chi connectivity index (χ0) is 72.9. The predicted octanol–water partition coefficient (Wildman–Crippen LogP) is 20.3. The van der Waals surface area contributed by atoms with Crippen molar-refractivity contribution in [3.8, 4) is 115 Å². The molecule has 4 aliphatic heterocycles. The monoisotopic (exact) mass is 1410 g/mol. The molecule has 0 N–H and O–H groups in total. The summed E-state index contributed by atoms with van der Waals surface area (Å²) in [7, 11) is 0. The molecule has 1 aliphatic carbocycles. The third kappa shape index (κ3) is 13.3. The summed E-state index contributed by atoms with van der Waals surface area (Å²) < 4.78 is 60.4. The van der Waals surface area contributed by atoms with E-state index in [2.05, 4.69) is 194 Å². The normalized spacial score (nSPS) is 16.3. The van der Waals surface area contributed by atoms with Crippen LogP contribution in [0, 0.1) is 45.3 Å². The van der Waals surface area contributed by atoms with Gasteiger partial charge in [0.25, 0.3) is 0 Å². The van der Waals surface area contributed by atoms with E-state index >= 15 is 0 Å². The lowest BCUT2D eigenvalue weighted by atomic mass is 9.73. The Labute approximate surface area is 629 Å². The second-order valence-corrected chi connectivity index (χ2v) is 28.2. The standard InChI is InChI=1S/C96H76N4O8/c97-57-65-25-13-29-69(49-65)85-89-77-53-79-74(38-34-62-19-7-2-8-20-62)81-55-83-76(40-36-64-23-11-4-12-24-64)84-56-82-75(39-35-63-21-9-3-10-22-63)80-54-78(73(77)37-33-61-17-5-1-6-18-61)90(102-42-41-101-89)86(70-30-14-26-66(50-70)58-98)92(80)104-44-46-106-94(82)88(72-32-16-28-68(52-72)60-100)96(84)108-48-47-107-95(83)87(71-31-15-27-67(51-71)59-99)93(81)105-45-43-103-91(79)85/h1-32,49-56,73-76H,33-48H2. The van der Waals surface area contributed by atoms with Gasteiger partial charge in [0.1, 0.15) is 98.9 Å². The number of aryl methyl sites for hydroxylation is 4. The van der Waals surface area contributed by atoms with Gasteiger partial charge in [-0.15, -0.1) is 0 Å². The van der Waals surface area contributed by atoms with Crippen molar-refractivity contribution in [2.75, 3.05) is 52.9 Å². The molecule has 0 atom stereocenters. The van der Waals surface area contributed by atoms with Crippen LogP contribution in [0.4, 0.5) is 0 Å². The first-order chi connectivity index (χ1) is 53.4. The molecule has 0 radical (unpaired) electrons. The molecule has 12 heteroatoms. The number of nitriles is 4. The van der Waals surface area contributed by atoms with E-state index in [1.165, 1.54) is 0 Å². The highest BCUT2D eigenvalue weighted by molar-refractivity contribution is 5.89. The molecule has 0 saturated carbocycles. The Hall–Kier alpha value is -13.0. The summed E-state index contributed by atoms with van der Waals surface area (Å²) in [5.41, 5.74) is 19.3. The Morgan fingerprint density at radius 2 is 0.407 bits per heavy atom. The van der Waals surface area contributed by atoms with Gasteiger partial charge < -0.3 is 37.9 Å². The van der Waals surface area contributed by atoms with Crippen LogP contribution in [0.15, 0.2) is 243 Å². The van der Waals surface area contributed by atoms with Gasteiger partial charge in [0, 0.05) is 68.2 Å². The fourth-order valence-electron chi connectivity index (χ4n) is 17.0. The van der Waals surface area contributed by atoms with Crippen LogP contribution in [0.25, 0.3) is 44.5 Å². The Balaban J connectivity index is 1.11. The molecule has 17 rings (SSSR count).